The van der Waals surface area contributed by atoms with Gasteiger partial charge in [0.2, 0.25) is 5.91 Å². The second-order valence-electron chi connectivity index (χ2n) is 6.04. The van der Waals surface area contributed by atoms with Gasteiger partial charge in [-0.25, -0.2) is 0 Å². The molecule has 8 heteroatoms. The van der Waals surface area contributed by atoms with E-state index < -0.39 is 5.97 Å². The van der Waals surface area contributed by atoms with Crippen molar-refractivity contribution in [3.05, 3.63) is 29.0 Å². The summed E-state index contributed by atoms with van der Waals surface area (Å²) >= 11 is 6.34. The highest BCUT2D eigenvalue weighted by molar-refractivity contribution is 6.33. The molecule has 25 heavy (non-hydrogen) atoms. The van der Waals surface area contributed by atoms with Gasteiger partial charge in [-0.05, 0) is 31.0 Å². The Labute approximate surface area is 150 Å². The number of aryl methyl sites for hydroxylation is 1. The third-order valence-electron chi connectivity index (χ3n) is 4.17. The number of benzene rings is 1. The van der Waals surface area contributed by atoms with Gasteiger partial charge in [0.25, 0.3) is 0 Å². The molecule has 2 N–H and O–H groups in total. The fourth-order valence-corrected chi connectivity index (χ4v) is 3.10. The smallest absolute Gasteiger partial charge is 0.303 e. The third-order valence-corrected chi connectivity index (χ3v) is 4.50. The number of hydrogen-bond donors (Lipinski definition) is 2. The predicted molar refractivity (Wildman–Crippen MR) is 93.5 cm³/mol. The molecule has 1 aromatic heterocycles. The minimum absolute atomic E-state index is 0.0758. The van der Waals surface area contributed by atoms with Crippen LogP contribution < -0.4 is 5.32 Å². The predicted octanol–water partition coefficient (Wildman–Crippen LogP) is 3.13. The topological polar surface area (TPSA) is 97.1 Å². The quantitative estimate of drug-likeness (QED) is 0.851. The summed E-state index contributed by atoms with van der Waals surface area (Å²) in [5.41, 5.74) is 1.26. The number of anilines is 1. The van der Waals surface area contributed by atoms with Gasteiger partial charge in [-0.15, -0.1) is 10.2 Å². The van der Waals surface area contributed by atoms with Crippen LogP contribution in [-0.2, 0) is 22.6 Å². The summed E-state index contributed by atoms with van der Waals surface area (Å²) in [5.74, 6) is 0.303. The Bertz CT molecular complexity index is 803. The molecule has 0 fully saturated rings. The van der Waals surface area contributed by atoms with E-state index in [1.54, 1.807) is 18.2 Å². The molecule has 1 amide bonds. The minimum atomic E-state index is -1.00. The van der Waals surface area contributed by atoms with Gasteiger partial charge >= 0.3 is 5.97 Å². The van der Waals surface area contributed by atoms with Crippen molar-refractivity contribution in [1.29, 1.82) is 0 Å². The summed E-state index contributed by atoms with van der Waals surface area (Å²) in [7, 11) is 0. The molecule has 1 aliphatic rings. The average Bonchev–Trinajstić information content (AvgIpc) is 2.83. The first-order valence-corrected chi connectivity index (χ1v) is 8.66. The Morgan fingerprint density at radius 1 is 1.20 bits per heavy atom. The molecule has 0 atom stereocenters. The van der Waals surface area contributed by atoms with Crippen LogP contribution in [0.4, 0.5) is 5.69 Å². The number of halogens is 1. The molecule has 7 nitrogen and oxygen atoms in total. The summed E-state index contributed by atoms with van der Waals surface area (Å²) in [6.45, 7) is 0.850. The number of fused-ring (bicyclic) bond motifs is 1. The van der Waals surface area contributed by atoms with Gasteiger partial charge in [0, 0.05) is 30.6 Å². The highest BCUT2D eigenvalue weighted by Crippen LogP contribution is 2.31. The SMILES string of the molecule is O=C(O)CCC(=O)Nc1ccc(Cl)c(-c2nnc3n2CCCCC3)c1. The zero-order chi connectivity index (χ0) is 17.8. The molecular weight excluding hydrogens is 344 g/mol. The Morgan fingerprint density at radius 3 is 2.84 bits per heavy atom. The van der Waals surface area contributed by atoms with Crippen LogP contribution in [0.1, 0.15) is 37.9 Å². The zero-order valence-corrected chi connectivity index (χ0v) is 14.4. The van der Waals surface area contributed by atoms with Crippen molar-refractivity contribution in [3.8, 4) is 11.4 Å². The normalized spacial score (nSPS) is 13.8. The number of carboxylic acid groups (broad SMARTS) is 1. The lowest BCUT2D eigenvalue weighted by Crippen LogP contribution is -2.13. The summed E-state index contributed by atoms with van der Waals surface area (Å²) < 4.78 is 2.09. The molecule has 0 aliphatic carbocycles. The molecule has 2 heterocycles. The molecule has 1 aromatic carbocycles. The summed E-state index contributed by atoms with van der Waals surface area (Å²) in [4.78, 5) is 22.4. The van der Waals surface area contributed by atoms with Gasteiger partial charge in [0.15, 0.2) is 5.82 Å². The van der Waals surface area contributed by atoms with Gasteiger partial charge in [-0.1, -0.05) is 18.0 Å². The van der Waals surface area contributed by atoms with Crippen molar-refractivity contribution in [2.75, 3.05) is 5.32 Å². The summed E-state index contributed by atoms with van der Waals surface area (Å²) in [6.07, 6.45) is 3.96. The van der Waals surface area contributed by atoms with Crippen molar-refractivity contribution in [2.24, 2.45) is 0 Å². The van der Waals surface area contributed by atoms with Gasteiger partial charge in [0.1, 0.15) is 5.82 Å². The van der Waals surface area contributed by atoms with E-state index in [1.807, 2.05) is 0 Å². The standard InChI is InChI=1S/C17H19ClN4O3/c18-13-6-5-11(19-15(23)7-8-16(24)25)10-12(13)17-21-20-14-4-2-1-3-9-22(14)17/h5-6,10H,1-4,7-9H2,(H,19,23)(H,24,25). The molecule has 132 valence electrons. The highest BCUT2D eigenvalue weighted by atomic mass is 35.5. The highest BCUT2D eigenvalue weighted by Gasteiger charge is 2.18. The largest absolute Gasteiger partial charge is 0.481 e. The van der Waals surface area contributed by atoms with E-state index in [0.717, 1.165) is 38.1 Å². The van der Waals surface area contributed by atoms with Crippen LogP contribution in [0, 0.1) is 0 Å². The number of aromatic nitrogens is 3. The number of rotatable bonds is 5. The number of nitrogens with one attached hydrogen (secondary N) is 1. The van der Waals surface area contributed by atoms with Crippen molar-refractivity contribution in [3.63, 3.8) is 0 Å². The molecule has 0 unspecified atom stereocenters. The second kappa shape index (κ2) is 7.65. The minimum Gasteiger partial charge on any atom is -0.481 e. The number of nitrogens with zero attached hydrogens (tertiary/aromatic N) is 3. The second-order valence-corrected chi connectivity index (χ2v) is 6.45. The zero-order valence-electron chi connectivity index (χ0n) is 13.7. The van der Waals surface area contributed by atoms with Gasteiger partial charge in [-0.2, -0.15) is 0 Å². The molecule has 0 saturated heterocycles. The van der Waals surface area contributed by atoms with Crippen LogP contribution in [0.3, 0.4) is 0 Å². The Morgan fingerprint density at radius 2 is 2.04 bits per heavy atom. The Kier molecular flexibility index (Phi) is 5.33. The van der Waals surface area contributed by atoms with Crippen LogP contribution >= 0.6 is 11.6 Å². The maximum Gasteiger partial charge on any atom is 0.303 e. The molecule has 2 aromatic rings. The summed E-state index contributed by atoms with van der Waals surface area (Å²) in [6, 6.07) is 5.13. The third kappa shape index (κ3) is 4.17. The van der Waals surface area contributed by atoms with E-state index in [2.05, 4.69) is 20.1 Å². The lowest BCUT2D eigenvalue weighted by Gasteiger charge is -2.11. The first-order chi connectivity index (χ1) is 12.0. The number of aliphatic carboxylic acids is 1. The lowest BCUT2D eigenvalue weighted by atomic mass is 10.1. The first kappa shape index (κ1) is 17.4. The molecule has 0 radical (unpaired) electrons. The average molecular weight is 363 g/mol. The fourth-order valence-electron chi connectivity index (χ4n) is 2.90. The molecule has 0 bridgehead atoms. The number of amides is 1. The molecule has 1 aliphatic heterocycles. The van der Waals surface area contributed by atoms with Crippen molar-refractivity contribution in [2.45, 2.75) is 45.1 Å². The van der Waals surface area contributed by atoms with Gasteiger partial charge in [-0.3, -0.25) is 9.59 Å². The summed E-state index contributed by atoms with van der Waals surface area (Å²) in [5, 5.41) is 20.4. The molecule has 0 spiro atoms. The van der Waals surface area contributed by atoms with Crippen molar-refractivity contribution in [1.82, 2.24) is 14.8 Å². The monoisotopic (exact) mass is 362 g/mol. The Hall–Kier alpha value is -2.41. The van der Waals surface area contributed by atoms with Crippen LogP contribution in [0.5, 0.6) is 0 Å². The Balaban J connectivity index is 1.84. The fraction of sp³-hybridized carbons (Fsp3) is 0.412. The molecule has 3 rings (SSSR count). The maximum absolute atomic E-state index is 11.8. The number of carboxylic acids is 1. The van der Waals surface area contributed by atoms with E-state index in [0.29, 0.717) is 22.1 Å². The van der Waals surface area contributed by atoms with Crippen LogP contribution in [0.25, 0.3) is 11.4 Å². The van der Waals surface area contributed by atoms with E-state index in [1.165, 1.54) is 0 Å². The van der Waals surface area contributed by atoms with Crippen LogP contribution in [0.15, 0.2) is 18.2 Å². The number of carbonyl (C=O) groups excluding carboxylic acids is 1. The molecular formula is C17H19ClN4O3. The first-order valence-electron chi connectivity index (χ1n) is 8.28. The number of hydrogen-bond acceptors (Lipinski definition) is 4. The van der Waals surface area contributed by atoms with E-state index >= 15 is 0 Å². The van der Waals surface area contributed by atoms with Crippen LogP contribution in [-0.4, -0.2) is 31.7 Å². The van der Waals surface area contributed by atoms with Crippen molar-refractivity contribution >= 4 is 29.2 Å². The number of carbonyl (C=O) groups is 2. The van der Waals surface area contributed by atoms with E-state index in [-0.39, 0.29) is 18.7 Å². The van der Waals surface area contributed by atoms with E-state index in [4.69, 9.17) is 16.7 Å². The van der Waals surface area contributed by atoms with E-state index in [9.17, 15) is 9.59 Å². The lowest BCUT2D eigenvalue weighted by molar-refractivity contribution is -0.138. The molecule has 0 saturated carbocycles. The van der Waals surface area contributed by atoms with Gasteiger partial charge in [0.05, 0.1) is 11.4 Å². The maximum atomic E-state index is 11.8. The van der Waals surface area contributed by atoms with Crippen molar-refractivity contribution < 1.29 is 14.7 Å². The van der Waals surface area contributed by atoms with Crippen LogP contribution in [0.2, 0.25) is 5.02 Å². The van der Waals surface area contributed by atoms with Gasteiger partial charge < -0.3 is 15.0 Å².